The van der Waals surface area contributed by atoms with Gasteiger partial charge in [0.25, 0.3) is 5.91 Å². The van der Waals surface area contributed by atoms with E-state index in [-0.39, 0.29) is 11.4 Å². The largest absolute Gasteiger partial charge is 0.508 e. The average Bonchev–Trinajstić information content (AvgIpc) is 3.29. The number of phenolic OH excluding ortho intramolecular Hbond substituents is 1. The number of rotatable bonds is 7. The first-order chi connectivity index (χ1) is 15.2. The number of carbonyl (C=O) groups excluding carboxylic acids is 1. The zero-order valence-corrected chi connectivity index (χ0v) is 16.5. The number of amides is 1. The van der Waals surface area contributed by atoms with Crippen LogP contribution in [0, 0.1) is 0 Å². The summed E-state index contributed by atoms with van der Waals surface area (Å²) >= 11 is 0. The molecule has 0 saturated carbocycles. The third-order valence-corrected chi connectivity index (χ3v) is 4.45. The smallest absolute Gasteiger partial charge is 0.289 e. The third kappa shape index (κ3) is 5.36. The maximum Gasteiger partial charge on any atom is 0.289 e. The van der Waals surface area contributed by atoms with Crippen molar-refractivity contribution in [2.45, 2.75) is 6.61 Å². The van der Waals surface area contributed by atoms with Crippen LogP contribution in [0.4, 0.5) is 0 Å². The molecule has 4 aromatic rings. The van der Waals surface area contributed by atoms with E-state index in [0.29, 0.717) is 23.6 Å². The summed E-state index contributed by atoms with van der Waals surface area (Å²) in [5.41, 5.74) is 5.90. The summed E-state index contributed by atoms with van der Waals surface area (Å²) in [5, 5.41) is 20.3. The quantitative estimate of drug-likeness (QED) is 0.314. The van der Waals surface area contributed by atoms with E-state index in [1.807, 2.05) is 54.6 Å². The lowest BCUT2D eigenvalue weighted by molar-refractivity contribution is 0.0950. The van der Waals surface area contributed by atoms with Crippen molar-refractivity contribution in [1.82, 2.24) is 15.6 Å². The number of aromatic hydroxyl groups is 1. The molecule has 0 spiro atoms. The van der Waals surface area contributed by atoms with E-state index >= 15 is 0 Å². The van der Waals surface area contributed by atoms with Gasteiger partial charge in [-0.2, -0.15) is 10.2 Å². The SMILES string of the molecule is O=C(N/N=C\c1cccc(O)c1)c1cc(-c2cccc(OCc3ccccc3)c2)n[nH]1. The molecule has 31 heavy (non-hydrogen) atoms. The Bertz CT molecular complexity index is 1200. The Morgan fingerprint density at radius 1 is 1.03 bits per heavy atom. The first kappa shape index (κ1) is 19.9. The summed E-state index contributed by atoms with van der Waals surface area (Å²) in [6, 6.07) is 25.6. The molecule has 4 rings (SSSR count). The van der Waals surface area contributed by atoms with Crippen molar-refractivity contribution in [3.05, 3.63) is 102 Å². The van der Waals surface area contributed by atoms with E-state index in [2.05, 4.69) is 20.7 Å². The maximum atomic E-state index is 12.3. The molecule has 0 aliphatic rings. The normalized spacial score (nSPS) is 10.8. The molecule has 0 saturated heterocycles. The Hall–Kier alpha value is -4.39. The highest BCUT2D eigenvalue weighted by Gasteiger charge is 2.11. The van der Waals surface area contributed by atoms with Gasteiger partial charge in [-0.3, -0.25) is 9.89 Å². The number of hydrogen-bond acceptors (Lipinski definition) is 5. The number of carbonyl (C=O) groups is 1. The van der Waals surface area contributed by atoms with Gasteiger partial charge in [0.1, 0.15) is 23.8 Å². The lowest BCUT2D eigenvalue weighted by Crippen LogP contribution is -2.17. The molecule has 0 fully saturated rings. The van der Waals surface area contributed by atoms with Crippen molar-refractivity contribution in [3.8, 4) is 22.8 Å². The molecule has 7 nitrogen and oxygen atoms in total. The van der Waals surface area contributed by atoms with Crippen LogP contribution in [-0.2, 0) is 6.61 Å². The number of phenols is 1. The summed E-state index contributed by atoms with van der Waals surface area (Å²) in [5.74, 6) is 0.418. The van der Waals surface area contributed by atoms with E-state index in [1.54, 1.807) is 24.3 Å². The zero-order chi connectivity index (χ0) is 21.5. The molecule has 3 aromatic carbocycles. The molecular weight excluding hydrogens is 392 g/mol. The van der Waals surface area contributed by atoms with Gasteiger partial charge >= 0.3 is 0 Å². The molecule has 1 heterocycles. The van der Waals surface area contributed by atoms with Crippen molar-refractivity contribution in [2.24, 2.45) is 5.10 Å². The van der Waals surface area contributed by atoms with Gasteiger partial charge in [-0.1, -0.05) is 54.6 Å². The second-order valence-corrected chi connectivity index (χ2v) is 6.76. The number of aromatic amines is 1. The Kier molecular flexibility index (Phi) is 6.04. The van der Waals surface area contributed by atoms with Gasteiger partial charge in [-0.25, -0.2) is 5.43 Å². The Balaban J connectivity index is 1.39. The second kappa shape index (κ2) is 9.41. The molecule has 0 radical (unpaired) electrons. The van der Waals surface area contributed by atoms with Crippen LogP contribution in [0.3, 0.4) is 0 Å². The number of H-pyrrole nitrogens is 1. The fourth-order valence-corrected chi connectivity index (χ4v) is 2.90. The van der Waals surface area contributed by atoms with E-state index in [0.717, 1.165) is 11.1 Å². The van der Waals surface area contributed by atoms with Crippen LogP contribution in [-0.4, -0.2) is 27.4 Å². The maximum absolute atomic E-state index is 12.3. The highest BCUT2D eigenvalue weighted by Crippen LogP contribution is 2.23. The van der Waals surface area contributed by atoms with Crippen LogP contribution in [0.15, 0.2) is 90.0 Å². The van der Waals surface area contributed by atoms with Gasteiger partial charge in [-0.05, 0) is 41.5 Å². The molecular formula is C24H20N4O3. The Labute approximate surface area is 179 Å². The highest BCUT2D eigenvalue weighted by atomic mass is 16.5. The van der Waals surface area contributed by atoms with Crippen molar-refractivity contribution in [1.29, 1.82) is 0 Å². The summed E-state index contributed by atoms with van der Waals surface area (Å²) in [7, 11) is 0. The van der Waals surface area contributed by atoms with Crippen molar-refractivity contribution in [2.75, 3.05) is 0 Å². The van der Waals surface area contributed by atoms with Crippen molar-refractivity contribution >= 4 is 12.1 Å². The number of hydrogen-bond donors (Lipinski definition) is 3. The summed E-state index contributed by atoms with van der Waals surface area (Å²) in [6.07, 6.45) is 1.45. The molecule has 0 aliphatic carbocycles. The standard InChI is InChI=1S/C24H20N4O3/c29-20-10-4-8-18(12-20)15-25-28-24(30)23-14-22(26-27-23)19-9-5-11-21(13-19)31-16-17-6-2-1-3-7-17/h1-15,29H,16H2,(H,26,27)(H,28,30)/b25-15-. The first-order valence-electron chi connectivity index (χ1n) is 9.62. The number of aromatic nitrogens is 2. The fraction of sp³-hybridized carbons (Fsp3) is 0.0417. The molecule has 0 atom stereocenters. The number of ether oxygens (including phenoxy) is 1. The van der Waals surface area contributed by atoms with E-state index in [4.69, 9.17) is 4.74 Å². The van der Waals surface area contributed by atoms with Crippen molar-refractivity contribution < 1.29 is 14.6 Å². The van der Waals surface area contributed by atoms with Crippen LogP contribution in [0.5, 0.6) is 11.5 Å². The second-order valence-electron chi connectivity index (χ2n) is 6.76. The zero-order valence-electron chi connectivity index (χ0n) is 16.5. The minimum atomic E-state index is -0.424. The molecule has 1 aromatic heterocycles. The average molecular weight is 412 g/mol. The van der Waals surface area contributed by atoms with Gasteiger partial charge in [0, 0.05) is 5.56 Å². The summed E-state index contributed by atoms with van der Waals surface area (Å²) in [4.78, 5) is 12.3. The molecule has 1 amide bonds. The number of nitrogens with zero attached hydrogens (tertiary/aromatic N) is 2. The van der Waals surface area contributed by atoms with Crippen LogP contribution in [0.2, 0.25) is 0 Å². The first-order valence-corrected chi connectivity index (χ1v) is 9.62. The number of nitrogens with one attached hydrogen (secondary N) is 2. The van der Waals surface area contributed by atoms with Gasteiger partial charge in [-0.15, -0.1) is 0 Å². The van der Waals surface area contributed by atoms with Gasteiger partial charge < -0.3 is 9.84 Å². The van der Waals surface area contributed by atoms with Crippen LogP contribution >= 0.6 is 0 Å². The Morgan fingerprint density at radius 3 is 2.71 bits per heavy atom. The van der Waals surface area contributed by atoms with Gasteiger partial charge in [0.15, 0.2) is 0 Å². The van der Waals surface area contributed by atoms with Crippen molar-refractivity contribution in [3.63, 3.8) is 0 Å². The molecule has 154 valence electrons. The highest BCUT2D eigenvalue weighted by molar-refractivity contribution is 5.94. The molecule has 3 N–H and O–H groups in total. The van der Waals surface area contributed by atoms with Crippen LogP contribution in [0.25, 0.3) is 11.3 Å². The predicted octanol–water partition coefficient (Wildman–Crippen LogP) is 4.13. The van der Waals surface area contributed by atoms with E-state index in [9.17, 15) is 9.90 Å². The van der Waals surface area contributed by atoms with Crippen LogP contribution < -0.4 is 10.2 Å². The van der Waals surface area contributed by atoms with E-state index < -0.39 is 5.91 Å². The molecule has 0 unspecified atom stereocenters. The minimum absolute atomic E-state index is 0.128. The summed E-state index contributed by atoms with van der Waals surface area (Å²) in [6.45, 7) is 0.468. The van der Waals surface area contributed by atoms with Gasteiger partial charge in [0.05, 0.1) is 11.9 Å². The predicted molar refractivity (Wildman–Crippen MR) is 118 cm³/mol. The monoisotopic (exact) mass is 412 g/mol. The minimum Gasteiger partial charge on any atom is -0.508 e. The Morgan fingerprint density at radius 2 is 1.87 bits per heavy atom. The summed E-state index contributed by atoms with van der Waals surface area (Å²) < 4.78 is 5.86. The van der Waals surface area contributed by atoms with E-state index in [1.165, 1.54) is 12.3 Å². The fourth-order valence-electron chi connectivity index (χ4n) is 2.90. The number of hydrazone groups is 1. The van der Waals surface area contributed by atoms with Crippen LogP contribution in [0.1, 0.15) is 21.6 Å². The molecule has 0 aliphatic heterocycles. The third-order valence-electron chi connectivity index (χ3n) is 4.45. The lowest BCUT2D eigenvalue weighted by atomic mass is 10.1. The molecule has 7 heteroatoms. The lowest BCUT2D eigenvalue weighted by Gasteiger charge is -2.07. The molecule has 0 bridgehead atoms. The van der Waals surface area contributed by atoms with Gasteiger partial charge in [0.2, 0.25) is 0 Å². The topological polar surface area (TPSA) is 99.6 Å². The number of benzene rings is 3.